The maximum atomic E-state index is 9.32. The Hall–Kier alpha value is -1.06. The first-order valence-corrected chi connectivity index (χ1v) is 7.08. The Labute approximate surface area is 117 Å². The highest BCUT2D eigenvalue weighted by molar-refractivity contribution is 5.46. The van der Waals surface area contributed by atoms with E-state index in [2.05, 4.69) is 55.4 Å². The number of aryl methyl sites for hydroxylation is 1. The van der Waals surface area contributed by atoms with Crippen molar-refractivity contribution in [2.45, 2.75) is 38.6 Å². The van der Waals surface area contributed by atoms with Crippen molar-refractivity contribution in [2.75, 3.05) is 32.1 Å². The predicted molar refractivity (Wildman–Crippen MR) is 82.9 cm³/mol. The third-order valence-electron chi connectivity index (χ3n) is 3.90. The number of aliphatic hydroxyl groups excluding tert-OH is 1. The van der Waals surface area contributed by atoms with E-state index in [1.165, 1.54) is 11.3 Å². The van der Waals surface area contributed by atoms with Crippen LogP contribution in [0.3, 0.4) is 0 Å². The van der Waals surface area contributed by atoms with E-state index >= 15 is 0 Å². The number of benzene rings is 1. The van der Waals surface area contributed by atoms with Crippen molar-refractivity contribution in [3.05, 3.63) is 29.8 Å². The summed E-state index contributed by atoms with van der Waals surface area (Å²) in [5.41, 5.74) is 2.43. The Balaban J connectivity index is 2.31. The molecule has 108 valence electrons. The molecule has 0 aliphatic carbocycles. The molecule has 2 N–H and O–H groups in total. The third-order valence-corrected chi connectivity index (χ3v) is 3.90. The first-order valence-electron chi connectivity index (χ1n) is 7.08. The quantitative estimate of drug-likeness (QED) is 0.708. The van der Waals surface area contributed by atoms with E-state index in [1.807, 2.05) is 7.05 Å². The minimum absolute atomic E-state index is 0.136. The number of anilines is 1. The van der Waals surface area contributed by atoms with E-state index in [1.54, 1.807) is 0 Å². The predicted octanol–water partition coefficient (Wildman–Crippen LogP) is 2.57. The lowest BCUT2D eigenvalue weighted by Crippen LogP contribution is -2.43. The summed E-state index contributed by atoms with van der Waals surface area (Å²) in [4.78, 5) is 2.29. The number of nitrogens with zero attached hydrogens (tertiary/aromatic N) is 1. The molecule has 1 aromatic rings. The third kappa shape index (κ3) is 5.21. The van der Waals surface area contributed by atoms with Gasteiger partial charge in [0, 0.05) is 24.8 Å². The number of aliphatic hydroxyl groups is 1. The molecule has 0 aliphatic heterocycles. The van der Waals surface area contributed by atoms with Crippen LogP contribution in [0.15, 0.2) is 24.3 Å². The van der Waals surface area contributed by atoms with E-state index in [-0.39, 0.29) is 12.1 Å². The SMILES string of the molecule is CNC(C)(CO)CCCCN(C)c1ccc(C)cc1. The molecular weight excluding hydrogens is 236 g/mol. The van der Waals surface area contributed by atoms with Crippen LogP contribution in [0.4, 0.5) is 5.69 Å². The average molecular weight is 264 g/mol. The van der Waals surface area contributed by atoms with Crippen LogP contribution in [-0.4, -0.2) is 37.9 Å². The average Bonchev–Trinajstić information content (AvgIpc) is 2.44. The zero-order valence-corrected chi connectivity index (χ0v) is 12.7. The summed E-state index contributed by atoms with van der Waals surface area (Å²) >= 11 is 0. The molecule has 1 aromatic carbocycles. The molecular formula is C16H28N2O. The van der Waals surface area contributed by atoms with E-state index < -0.39 is 0 Å². The molecule has 0 saturated heterocycles. The maximum absolute atomic E-state index is 9.32. The van der Waals surface area contributed by atoms with Gasteiger partial charge in [-0.3, -0.25) is 0 Å². The van der Waals surface area contributed by atoms with Crippen molar-refractivity contribution in [3.8, 4) is 0 Å². The van der Waals surface area contributed by atoms with Gasteiger partial charge in [0.15, 0.2) is 0 Å². The van der Waals surface area contributed by atoms with Crippen molar-refractivity contribution in [1.29, 1.82) is 0 Å². The van der Waals surface area contributed by atoms with Gasteiger partial charge in [0.25, 0.3) is 0 Å². The largest absolute Gasteiger partial charge is 0.394 e. The Morgan fingerprint density at radius 3 is 2.37 bits per heavy atom. The van der Waals surface area contributed by atoms with Crippen LogP contribution in [0.25, 0.3) is 0 Å². The molecule has 0 spiro atoms. The Morgan fingerprint density at radius 2 is 1.84 bits per heavy atom. The van der Waals surface area contributed by atoms with Crippen LogP contribution in [0, 0.1) is 6.92 Å². The van der Waals surface area contributed by atoms with Crippen LogP contribution >= 0.6 is 0 Å². The Morgan fingerprint density at radius 1 is 1.21 bits per heavy atom. The minimum Gasteiger partial charge on any atom is -0.394 e. The lowest BCUT2D eigenvalue weighted by Gasteiger charge is -2.27. The highest BCUT2D eigenvalue weighted by atomic mass is 16.3. The number of likely N-dealkylation sites (N-methyl/N-ethyl adjacent to an activating group) is 1. The summed E-state index contributed by atoms with van der Waals surface area (Å²) in [6.45, 7) is 5.42. The van der Waals surface area contributed by atoms with Gasteiger partial charge in [-0.1, -0.05) is 17.7 Å². The fourth-order valence-corrected chi connectivity index (χ4v) is 2.08. The summed E-state index contributed by atoms with van der Waals surface area (Å²) < 4.78 is 0. The van der Waals surface area contributed by atoms with E-state index in [9.17, 15) is 5.11 Å². The van der Waals surface area contributed by atoms with Crippen molar-refractivity contribution >= 4 is 5.69 Å². The molecule has 1 atom stereocenters. The molecule has 0 heterocycles. The molecule has 0 aliphatic rings. The highest BCUT2D eigenvalue weighted by Gasteiger charge is 2.19. The first kappa shape index (κ1) is 16.0. The molecule has 19 heavy (non-hydrogen) atoms. The van der Waals surface area contributed by atoms with Gasteiger partial charge in [-0.15, -0.1) is 0 Å². The maximum Gasteiger partial charge on any atom is 0.0610 e. The van der Waals surface area contributed by atoms with Gasteiger partial charge in [0.2, 0.25) is 0 Å². The summed E-state index contributed by atoms with van der Waals surface area (Å²) in [6, 6.07) is 8.63. The monoisotopic (exact) mass is 264 g/mol. The van der Waals surface area contributed by atoms with Crippen LogP contribution in [0.5, 0.6) is 0 Å². The van der Waals surface area contributed by atoms with E-state index in [0.717, 1.165) is 25.8 Å². The van der Waals surface area contributed by atoms with Crippen molar-refractivity contribution in [3.63, 3.8) is 0 Å². The lowest BCUT2D eigenvalue weighted by molar-refractivity contribution is 0.171. The molecule has 0 fully saturated rings. The number of rotatable bonds is 8. The molecule has 3 nitrogen and oxygen atoms in total. The van der Waals surface area contributed by atoms with Crippen LogP contribution in [0.1, 0.15) is 31.7 Å². The van der Waals surface area contributed by atoms with Gasteiger partial charge < -0.3 is 15.3 Å². The van der Waals surface area contributed by atoms with Crippen molar-refractivity contribution in [1.82, 2.24) is 5.32 Å². The standard InChI is InChI=1S/C16H28N2O/c1-14-7-9-15(10-8-14)18(4)12-6-5-11-16(2,13-19)17-3/h7-10,17,19H,5-6,11-13H2,1-4H3. The van der Waals surface area contributed by atoms with Gasteiger partial charge >= 0.3 is 0 Å². The van der Waals surface area contributed by atoms with Gasteiger partial charge in [0.1, 0.15) is 0 Å². The summed E-state index contributed by atoms with van der Waals surface area (Å²) in [6.07, 6.45) is 3.26. The zero-order chi connectivity index (χ0) is 14.3. The van der Waals surface area contributed by atoms with Gasteiger partial charge in [-0.05, 0) is 52.3 Å². The van der Waals surface area contributed by atoms with E-state index in [0.29, 0.717) is 0 Å². The van der Waals surface area contributed by atoms with Gasteiger partial charge in [0.05, 0.1) is 6.61 Å². The van der Waals surface area contributed by atoms with Crippen molar-refractivity contribution in [2.24, 2.45) is 0 Å². The molecule has 0 radical (unpaired) electrons. The van der Waals surface area contributed by atoms with Crippen LogP contribution < -0.4 is 10.2 Å². The smallest absolute Gasteiger partial charge is 0.0610 e. The second-order valence-corrected chi connectivity index (χ2v) is 5.68. The number of hydrogen-bond acceptors (Lipinski definition) is 3. The van der Waals surface area contributed by atoms with Crippen molar-refractivity contribution < 1.29 is 5.11 Å². The summed E-state index contributed by atoms with van der Waals surface area (Å²) in [7, 11) is 4.04. The fraction of sp³-hybridized carbons (Fsp3) is 0.625. The highest BCUT2D eigenvalue weighted by Crippen LogP contribution is 2.16. The first-order chi connectivity index (χ1) is 9.00. The summed E-state index contributed by atoms with van der Waals surface area (Å²) in [5, 5.41) is 12.5. The summed E-state index contributed by atoms with van der Waals surface area (Å²) in [5.74, 6) is 0. The van der Waals surface area contributed by atoms with Crippen LogP contribution in [0.2, 0.25) is 0 Å². The second kappa shape index (κ2) is 7.51. The molecule has 0 aromatic heterocycles. The minimum atomic E-state index is -0.136. The Kier molecular flexibility index (Phi) is 6.32. The molecule has 0 saturated carbocycles. The Bertz CT molecular complexity index is 358. The lowest BCUT2D eigenvalue weighted by atomic mass is 9.96. The topological polar surface area (TPSA) is 35.5 Å². The fourth-order valence-electron chi connectivity index (χ4n) is 2.08. The number of unbranched alkanes of at least 4 members (excludes halogenated alkanes) is 1. The normalized spacial score (nSPS) is 14.2. The zero-order valence-electron chi connectivity index (χ0n) is 12.7. The van der Waals surface area contributed by atoms with Gasteiger partial charge in [-0.2, -0.15) is 0 Å². The molecule has 1 rings (SSSR count). The molecule has 0 amide bonds. The molecule has 0 bridgehead atoms. The van der Waals surface area contributed by atoms with E-state index in [4.69, 9.17) is 0 Å². The number of hydrogen-bond donors (Lipinski definition) is 2. The van der Waals surface area contributed by atoms with Gasteiger partial charge in [-0.25, -0.2) is 0 Å². The number of nitrogens with one attached hydrogen (secondary N) is 1. The second-order valence-electron chi connectivity index (χ2n) is 5.68. The van der Waals surface area contributed by atoms with Crippen LogP contribution in [-0.2, 0) is 0 Å². The molecule has 3 heteroatoms. The molecule has 1 unspecified atom stereocenters.